The van der Waals surface area contributed by atoms with Crippen LogP contribution in [0.4, 0.5) is 4.79 Å². The Morgan fingerprint density at radius 1 is 1.08 bits per heavy atom. The summed E-state index contributed by atoms with van der Waals surface area (Å²) in [4.78, 5) is 28.2. The molecule has 204 valence electrons. The van der Waals surface area contributed by atoms with Gasteiger partial charge < -0.3 is 19.7 Å². The standard InChI is InChI=1S/C30H31Cl2N3O4/c1-29(2,3)39-28(37)35-13-11-30(12-14-35,21-9-10-23(31)24(32)16-21)18-34-27(36)25-22-8-6-5-7-19(22)15-20(17-33)26(25)38-4/h5-10,15-16H,11-14,18H2,1-4H3,(H,34,36). The molecule has 4 rings (SSSR count). The molecule has 0 radical (unpaired) electrons. The number of likely N-dealkylation sites (tertiary alicyclic amines) is 1. The van der Waals surface area contributed by atoms with Gasteiger partial charge in [0.25, 0.3) is 5.91 Å². The second kappa shape index (κ2) is 11.3. The first-order chi connectivity index (χ1) is 18.5. The zero-order chi connectivity index (χ0) is 28.4. The number of hydrogen-bond donors (Lipinski definition) is 1. The first-order valence-electron chi connectivity index (χ1n) is 12.7. The van der Waals surface area contributed by atoms with Crippen molar-refractivity contribution in [3.05, 3.63) is 75.3 Å². The molecule has 0 unspecified atom stereocenters. The van der Waals surface area contributed by atoms with Crippen LogP contribution in [-0.2, 0) is 10.2 Å². The summed E-state index contributed by atoms with van der Waals surface area (Å²) in [6.07, 6.45) is 0.778. The number of amides is 2. The maximum absolute atomic E-state index is 13.7. The van der Waals surface area contributed by atoms with Crippen LogP contribution in [0.1, 0.15) is 55.1 Å². The van der Waals surface area contributed by atoms with E-state index in [0.29, 0.717) is 46.9 Å². The molecule has 3 aromatic carbocycles. The fraction of sp³-hybridized carbons (Fsp3) is 0.367. The largest absolute Gasteiger partial charge is 0.495 e. The minimum absolute atomic E-state index is 0.233. The van der Waals surface area contributed by atoms with Gasteiger partial charge in [0.05, 0.1) is 28.3 Å². The third kappa shape index (κ3) is 6.08. The number of ether oxygens (including phenoxy) is 2. The van der Waals surface area contributed by atoms with Gasteiger partial charge in [-0.15, -0.1) is 0 Å². The van der Waals surface area contributed by atoms with Gasteiger partial charge in [-0.2, -0.15) is 5.26 Å². The molecule has 1 aliphatic heterocycles. The van der Waals surface area contributed by atoms with E-state index in [0.717, 1.165) is 10.9 Å². The lowest BCUT2D eigenvalue weighted by molar-refractivity contribution is 0.0162. The van der Waals surface area contributed by atoms with E-state index in [9.17, 15) is 14.9 Å². The smallest absolute Gasteiger partial charge is 0.410 e. The molecule has 1 fully saturated rings. The van der Waals surface area contributed by atoms with Crippen LogP contribution in [-0.4, -0.2) is 49.2 Å². The molecule has 2 amide bonds. The van der Waals surface area contributed by atoms with Crippen molar-refractivity contribution in [1.82, 2.24) is 10.2 Å². The van der Waals surface area contributed by atoms with Crippen molar-refractivity contribution >= 4 is 46.0 Å². The number of piperidine rings is 1. The summed E-state index contributed by atoms with van der Waals surface area (Å²) < 4.78 is 11.1. The Hall–Kier alpha value is -3.47. The van der Waals surface area contributed by atoms with Gasteiger partial charge in [0, 0.05) is 25.0 Å². The molecule has 0 atom stereocenters. The van der Waals surface area contributed by atoms with E-state index in [1.165, 1.54) is 7.11 Å². The molecule has 0 bridgehead atoms. The van der Waals surface area contributed by atoms with Gasteiger partial charge in [-0.05, 0) is 68.1 Å². The molecule has 1 saturated heterocycles. The maximum Gasteiger partial charge on any atom is 0.410 e. The second-order valence-corrected chi connectivity index (χ2v) is 11.5. The molecule has 39 heavy (non-hydrogen) atoms. The van der Waals surface area contributed by atoms with E-state index >= 15 is 0 Å². The summed E-state index contributed by atoms with van der Waals surface area (Å²) in [7, 11) is 1.45. The monoisotopic (exact) mass is 567 g/mol. The molecule has 0 saturated carbocycles. The van der Waals surface area contributed by atoms with Crippen LogP contribution in [0.3, 0.4) is 0 Å². The molecule has 0 spiro atoms. The SMILES string of the molecule is COc1c(C#N)cc2ccccc2c1C(=O)NCC1(c2ccc(Cl)c(Cl)c2)CCN(C(=O)OC(C)(C)C)CC1. The zero-order valence-electron chi connectivity index (χ0n) is 22.4. The molecule has 0 aromatic heterocycles. The quantitative estimate of drug-likeness (QED) is 0.369. The summed E-state index contributed by atoms with van der Waals surface area (Å²) in [6, 6.07) is 16.7. The molecule has 7 nitrogen and oxygen atoms in total. The van der Waals surface area contributed by atoms with Crippen LogP contribution in [0.25, 0.3) is 10.8 Å². The van der Waals surface area contributed by atoms with Crippen molar-refractivity contribution in [3.8, 4) is 11.8 Å². The maximum atomic E-state index is 13.7. The number of nitrogens with one attached hydrogen (secondary N) is 1. The Morgan fingerprint density at radius 2 is 1.77 bits per heavy atom. The first-order valence-corrected chi connectivity index (χ1v) is 13.4. The predicted molar refractivity (Wildman–Crippen MR) is 153 cm³/mol. The first kappa shape index (κ1) is 28.5. The van der Waals surface area contributed by atoms with Crippen molar-refractivity contribution < 1.29 is 19.1 Å². The molecule has 0 aliphatic carbocycles. The number of fused-ring (bicyclic) bond motifs is 1. The van der Waals surface area contributed by atoms with E-state index in [1.807, 2.05) is 57.2 Å². The third-order valence-electron chi connectivity index (χ3n) is 7.04. The predicted octanol–water partition coefficient (Wildman–Crippen LogP) is 6.73. The van der Waals surface area contributed by atoms with Gasteiger partial charge in [-0.3, -0.25) is 4.79 Å². The topological polar surface area (TPSA) is 91.7 Å². The van der Waals surface area contributed by atoms with E-state index in [2.05, 4.69) is 11.4 Å². The Kier molecular flexibility index (Phi) is 8.29. The summed E-state index contributed by atoms with van der Waals surface area (Å²) >= 11 is 12.6. The van der Waals surface area contributed by atoms with Crippen molar-refractivity contribution in [2.24, 2.45) is 0 Å². The summed E-state index contributed by atoms with van der Waals surface area (Å²) in [5.41, 5.74) is 0.402. The van der Waals surface area contributed by atoms with Gasteiger partial charge in [-0.1, -0.05) is 53.5 Å². The number of nitrogens with zero attached hydrogens (tertiary/aromatic N) is 2. The van der Waals surface area contributed by atoms with Gasteiger partial charge in [-0.25, -0.2) is 4.79 Å². The highest BCUT2D eigenvalue weighted by Gasteiger charge is 2.39. The molecule has 1 aliphatic rings. The van der Waals surface area contributed by atoms with Crippen molar-refractivity contribution in [3.63, 3.8) is 0 Å². The van der Waals surface area contributed by atoms with E-state index < -0.39 is 11.0 Å². The Labute approximate surface area is 238 Å². The van der Waals surface area contributed by atoms with Crippen LogP contribution in [0.15, 0.2) is 48.5 Å². The van der Waals surface area contributed by atoms with Crippen LogP contribution >= 0.6 is 23.2 Å². The number of rotatable bonds is 5. The van der Waals surface area contributed by atoms with Crippen LogP contribution < -0.4 is 10.1 Å². The molecule has 1 N–H and O–H groups in total. The highest BCUT2D eigenvalue weighted by atomic mass is 35.5. The summed E-state index contributed by atoms with van der Waals surface area (Å²) in [5, 5.41) is 15.1. The number of hydrogen-bond acceptors (Lipinski definition) is 5. The number of carbonyl (C=O) groups excluding carboxylic acids is 2. The number of benzene rings is 3. The van der Waals surface area contributed by atoms with E-state index in [4.69, 9.17) is 32.7 Å². The average molecular weight is 569 g/mol. The Bertz CT molecular complexity index is 1450. The fourth-order valence-electron chi connectivity index (χ4n) is 5.02. The van der Waals surface area contributed by atoms with Crippen LogP contribution in [0.5, 0.6) is 5.75 Å². The van der Waals surface area contributed by atoms with Gasteiger partial charge in [0.1, 0.15) is 17.4 Å². The Balaban J connectivity index is 1.65. The number of nitriles is 1. The number of carbonyl (C=O) groups is 2. The highest BCUT2D eigenvalue weighted by molar-refractivity contribution is 6.42. The zero-order valence-corrected chi connectivity index (χ0v) is 23.9. The minimum Gasteiger partial charge on any atom is -0.495 e. The molecular formula is C30H31Cl2N3O4. The average Bonchev–Trinajstić information content (AvgIpc) is 2.91. The van der Waals surface area contributed by atoms with Gasteiger partial charge in [0.15, 0.2) is 0 Å². The lowest BCUT2D eigenvalue weighted by Crippen LogP contribution is -2.51. The molecular weight excluding hydrogens is 537 g/mol. The van der Waals surface area contributed by atoms with E-state index in [1.54, 1.807) is 17.0 Å². The van der Waals surface area contributed by atoms with E-state index in [-0.39, 0.29) is 29.9 Å². The fourth-order valence-corrected chi connectivity index (χ4v) is 5.32. The Morgan fingerprint density at radius 3 is 2.38 bits per heavy atom. The van der Waals surface area contributed by atoms with Gasteiger partial charge >= 0.3 is 6.09 Å². The van der Waals surface area contributed by atoms with Crippen LogP contribution in [0, 0.1) is 11.3 Å². The van der Waals surface area contributed by atoms with Crippen molar-refractivity contribution in [2.45, 2.75) is 44.6 Å². The normalized spacial score (nSPS) is 14.9. The highest BCUT2D eigenvalue weighted by Crippen LogP contribution is 2.39. The van der Waals surface area contributed by atoms with Crippen molar-refractivity contribution in [2.75, 3.05) is 26.7 Å². The van der Waals surface area contributed by atoms with Gasteiger partial charge in [0.2, 0.25) is 0 Å². The third-order valence-corrected chi connectivity index (χ3v) is 7.78. The summed E-state index contributed by atoms with van der Waals surface area (Å²) in [6.45, 7) is 6.68. The minimum atomic E-state index is -0.594. The number of halogens is 2. The molecule has 1 heterocycles. The summed E-state index contributed by atoms with van der Waals surface area (Å²) in [5.74, 6) is -0.119. The van der Waals surface area contributed by atoms with Crippen molar-refractivity contribution in [1.29, 1.82) is 5.26 Å². The molecule has 9 heteroatoms. The second-order valence-electron chi connectivity index (χ2n) is 10.7. The molecule has 3 aromatic rings. The lowest BCUT2D eigenvalue weighted by Gasteiger charge is -2.42. The van der Waals surface area contributed by atoms with Crippen LogP contribution in [0.2, 0.25) is 10.0 Å². The lowest BCUT2D eigenvalue weighted by atomic mass is 9.72. The number of methoxy groups -OCH3 is 1.